The van der Waals surface area contributed by atoms with E-state index < -0.39 is 15.8 Å². The fraction of sp³-hybridized carbons (Fsp3) is 0.333. The van der Waals surface area contributed by atoms with Gasteiger partial charge in [0.25, 0.3) is 0 Å². The van der Waals surface area contributed by atoms with Gasteiger partial charge in [-0.3, -0.25) is 0 Å². The first-order valence-corrected chi connectivity index (χ1v) is 6.93. The van der Waals surface area contributed by atoms with E-state index in [9.17, 15) is 13.5 Å². The molecule has 5 nitrogen and oxygen atoms in total. The number of hydrogen-bond donors (Lipinski definition) is 3. The topological polar surface area (TPSA) is 92.4 Å². The molecule has 0 fully saturated rings. The van der Waals surface area contributed by atoms with E-state index >= 15 is 0 Å². The quantitative estimate of drug-likeness (QED) is 0.743. The minimum absolute atomic E-state index is 0.0179. The van der Waals surface area contributed by atoms with Crippen LogP contribution in [0.4, 0.5) is 5.69 Å². The molecule has 0 aliphatic heterocycles. The van der Waals surface area contributed by atoms with Gasteiger partial charge in [-0.2, -0.15) is 0 Å². The van der Waals surface area contributed by atoms with Crippen LogP contribution in [-0.4, -0.2) is 20.1 Å². The van der Waals surface area contributed by atoms with Crippen LogP contribution < -0.4 is 10.5 Å². The summed E-state index contributed by atoms with van der Waals surface area (Å²) in [6.07, 6.45) is 0. The number of halogens is 2. The van der Waals surface area contributed by atoms with Crippen molar-refractivity contribution in [2.45, 2.75) is 18.7 Å². The molecule has 0 bridgehead atoms. The Balaban J connectivity index is 3.67. The van der Waals surface area contributed by atoms with Crippen LogP contribution in [0, 0.1) is 6.92 Å². The normalized spacial score (nSPS) is 11.8. The number of aromatic hydroxyl groups is 1. The number of nitrogens with one attached hydrogen (secondary N) is 1. The number of anilines is 1. The van der Waals surface area contributed by atoms with E-state index in [0.717, 1.165) is 0 Å². The van der Waals surface area contributed by atoms with E-state index in [-0.39, 0.29) is 32.7 Å². The molecule has 0 spiro atoms. The second-order valence-electron chi connectivity index (χ2n) is 3.35. The lowest BCUT2D eigenvalue weighted by molar-refractivity contribution is 0.457. The molecule has 0 radical (unpaired) electrons. The molecule has 0 saturated carbocycles. The van der Waals surface area contributed by atoms with Crippen LogP contribution in [0.15, 0.2) is 4.90 Å². The molecule has 1 aromatic rings. The lowest BCUT2D eigenvalue weighted by atomic mass is 10.2. The fourth-order valence-electron chi connectivity index (χ4n) is 1.39. The molecule has 0 saturated heterocycles. The van der Waals surface area contributed by atoms with Crippen LogP contribution in [0.5, 0.6) is 5.75 Å². The number of phenols is 1. The van der Waals surface area contributed by atoms with Gasteiger partial charge in [0.05, 0.1) is 10.7 Å². The van der Waals surface area contributed by atoms with Crippen molar-refractivity contribution >= 4 is 38.9 Å². The van der Waals surface area contributed by atoms with Crippen LogP contribution in [0.1, 0.15) is 12.5 Å². The van der Waals surface area contributed by atoms with Gasteiger partial charge in [0.15, 0.2) is 5.75 Å². The largest absolute Gasteiger partial charge is 0.505 e. The maximum absolute atomic E-state index is 11.9. The van der Waals surface area contributed by atoms with Crippen LogP contribution in [0.25, 0.3) is 0 Å². The number of phenolic OH excluding ortho intramolecular Hbond substituents is 1. The van der Waals surface area contributed by atoms with E-state index in [1.54, 1.807) is 6.92 Å². The molecule has 17 heavy (non-hydrogen) atoms. The maximum Gasteiger partial charge on any atom is 0.244 e. The van der Waals surface area contributed by atoms with Crippen molar-refractivity contribution in [2.75, 3.05) is 12.3 Å². The third-order valence-electron chi connectivity index (χ3n) is 2.17. The third-order valence-corrected chi connectivity index (χ3v) is 4.74. The van der Waals surface area contributed by atoms with E-state index in [0.29, 0.717) is 0 Å². The zero-order chi connectivity index (χ0) is 13.4. The summed E-state index contributed by atoms with van der Waals surface area (Å²) in [7, 11) is -3.86. The Morgan fingerprint density at radius 3 is 2.35 bits per heavy atom. The van der Waals surface area contributed by atoms with Crippen molar-refractivity contribution in [2.24, 2.45) is 0 Å². The first kappa shape index (κ1) is 14.4. The monoisotopic (exact) mass is 298 g/mol. The molecular formula is C9H12Cl2N2O3S. The summed E-state index contributed by atoms with van der Waals surface area (Å²) in [5, 5.41) is 9.51. The average Bonchev–Trinajstić information content (AvgIpc) is 2.23. The number of sulfonamides is 1. The van der Waals surface area contributed by atoms with Gasteiger partial charge in [-0.05, 0) is 12.5 Å². The van der Waals surface area contributed by atoms with Gasteiger partial charge in [-0.25, -0.2) is 13.1 Å². The summed E-state index contributed by atoms with van der Waals surface area (Å²) >= 11 is 11.6. The minimum Gasteiger partial charge on any atom is -0.505 e. The van der Waals surface area contributed by atoms with Crippen molar-refractivity contribution in [3.63, 3.8) is 0 Å². The summed E-state index contributed by atoms with van der Waals surface area (Å²) in [5.74, 6) is -0.591. The number of rotatable bonds is 3. The Morgan fingerprint density at radius 2 is 1.88 bits per heavy atom. The van der Waals surface area contributed by atoms with Crippen molar-refractivity contribution in [1.29, 1.82) is 0 Å². The van der Waals surface area contributed by atoms with Gasteiger partial charge in [0, 0.05) is 6.54 Å². The van der Waals surface area contributed by atoms with Crippen molar-refractivity contribution in [1.82, 2.24) is 4.72 Å². The molecule has 0 heterocycles. The van der Waals surface area contributed by atoms with Crippen molar-refractivity contribution in [3.8, 4) is 5.75 Å². The summed E-state index contributed by atoms with van der Waals surface area (Å²) in [4.78, 5) is -0.344. The zero-order valence-corrected chi connectivity index (χ0v) is 11.5. The van der Waals surface area contributed by atoms with E-state index in [1.807, 2.05) is 0 Å². The third kappa shape index (κ3) is 2.44. The highest BCUT2D eigenvalue weighted by Gasteiger charge is 2.26. The van der Waals surface area contributed by atoms with E-state index in [1.165, 1.54) is 6.92 Å². The van der Waals surface area contributed by atoms with Gasteiger partial charge >= 0.3 is 0 Å². The Morgan fingerprint density at radius 1 is 1.35 bits per heavy atom. The molecule has 8 heteroatoms. The maximum atomic E-state index is 11.9. The highest BCUT2D eigenvalue weighted by molar-refractivity contribution is 7.89. The Bertz CT molecular complexity index is 529. The van der Waals surface area contributed by atoms with Gasteiger partial charge in [0.2, 0.25) is 10.0 Å². The van der Waals surface area contributed by atoms with Gasteiger partial charge in [-0.1, -0.05) is 30.1 Å². The molecule has 0 aliphatic carbocycles. The molecule has 0 aliphatic rings. The number of nitrogens with two attached hydrogens (primary N) is 1. The molecule has 0 atom stereocenters. The van der Waals surface area contributed by atoms with Gasteiger partial charge in [0.1, 0.15) is 9.92 Å². The molecular weight excluding hydrogens is 287 g/mol. The minimum atomic E-state index is -3.86. The fourth-order valence-corrected chi connectivity index (χ4v) is 3.32. The lowest BCUT2D eigenvalue weighted by Crippen LogP contribution is -2.24. The second-order valence-corrected chi connectivity index (χ2v) is 5.81. The highest BCUT2D eigenvalue weighted by atomic mass is 35.5. The molecule has 0 aromatic heterocycles. The Labute approximate surface area is 110 Å². The molecule has 1 rings (SSSR count). The Hall–Kier alpha value is -0.690. The molecule has 96 valence electrons. The van der Waals surface area contributed by atoms with Crippen LogP contribution >= 0.6 is 23.2 Å². The molecule has 0 amide bonds. The average molecular weight is 299 g/mol. The standard InChI is InChI=1S/C9H12Cl2N2O3S/c1-3-13-17(15,16)9-4(2)5(10)7(12)6(11)8(9)14/h13-14H,3,12H2,1-2H3. The van der Waals surface area contributed by atoms with Crippen LogP contribution in [0.3, 0.4) is 0 Å². The Kier molecular flexibility index (Phi) is 4.14. The number of nitrogen functional groups attached to an aromatic ring is 1. The summed E-state index contributed by atoms with van der Waals surface area (Å²) in [6, 6.07) is 0. The van der Waals surface area contributed by atoms with E-state index in [2.05, 4.69) is 4.72 Å². The summed E-state index contributed by atoms with van der Waals surface area (Å²) in [6.45, 7) is 3.24. The SMILES string of the molecule is CCNS(=O)(=O)c1c(C)c(Cl)c(N)c(Cl)c1O. The summed E-state index contributed by atoms with van der Waals surface area (Å²) < 4.78 is 26.0. The van der Waals surface area contributed by atoms with Crippen LogP contribution in [-0.2, 0) is 10.0 Å². The van der Waals surface area contributed by atoms with Crippen molar-refractivity contribution in [3.05, 3.63) is 15.6 Å². The van der Waals surface area contributed by atoms with Crippen molar-refractivity contribution < 1.29 is 13.5 Å². The zero-order valence-electron chi connectivity index (χ0n) is 9.21. The molecule has 4 N–H and O–H groups in total. The van der Waals surface area contributed by atoms with Gasteiger partial charge in [-0.15, -0.1) is 0 Å². The van der Waals surface area contributed by atoms with Gasteiger partial charge < -0.3 is 10.8 Å². The molecule has 0 unspecified atom stereocenters. The lowest BCUT2D eigenvalue weighted by Gasteiger charge is -2.14. The number of hydrogen-bond acceptors (Lipinski definition) is 4. The highest BCUT2D eigenvalue weighted by Crippen LogP contribution is 2.43. The number of benzene rings is 1. The molecule has 1 aromatic carbocycles. The predicted octanol–water partition coefficient (Wildman–Crippen LogP) is 1.89. The smallest absolute Gasteiger partial charge is 0.244 e. The first-order chi connectivity index (χ1) is 7.74. The summed E-state index contributed by atoms with van der Waals surface area (Å²) in [5.41, 5.74) is 5.65. The first-order valence-electron chi connectivity index (χ1n) is 4.69. The van der Waals surface area contributed by atoms with Crippen LogP contribution in [0.2, 0.25) is 10.0 Å². The predicted molar refractivity (Wildman–Crippen MR) is 68.1 cm³/mol. The van der Waals surface area contributed by atoms with E-state index in [4.69, 9.17) is 28.9 Å². The second kappa shape index (κ2) is 4.89.